The number of aromatic nitrogens is 2. The number of rotatable bonds is 4. The molecule has 1 amide bonds. The average Bonchev–Trinajstić information content (AvgIpc) is 3.27. The Hall–Kier alpha value is -2.70. The molecular formula is C14H13N3O4. The Kier molecular flexibility index (Phi) is 2.97. The topological polar surface area (TPSA) is 101 Å². The Morgan fingerprint density at radius 3 is 2.81 bits per heavy atom. The summed E-state index contributed by atoms with van der Waals surface area (Å²) in [6, 6.07) is 5.07. The van der Waals surface area contributed by atoms with Gasteiger partial charge in [-0.25, -0.2) is 4.98 Å². The number of hydrogen-bond donors (Lipinski definition) is 2. The average molecular weight is 287 g/mol. The van der Waals surface area contributed by atoms with Crippen molar-refractivity contribution in [2.45, 2.75) is 12.8 Å². The number of carbonyl (C=O) groups is 2. The fourth-order valence-electron chi connectivity index (χ4n) is 2.14. The summed E-state index contributed by atoms with van der Waals surface area (Å²) < 4.78 is 1.28. The van der Waals surface area contributed by atoms with Gasteiger partial charge in [-0.2, -0.15) is 0 Å². The largest absolute Gasteiger partial charge is 0.481 e. The number of nitrogens with zero attached hydrogens (tertiary/aromatic N) is 2. The minimum atomic E-state index is -0.920. The number of hydrogen-bond acceptors (Lipinski definition) is 4. The number of amides is 1. The first-order valence-corrected chi connectivity index (χ1v) is 6.51. The first-order chi connectivity index (χ1) is 10.0. The number of carboxylic acid groups (broad SMARTS) is 1. The van der Waals surface area contributed by atoms with E-state index in [1.54, 1.807) is 18.2 Å². The molecule has 108 valence electrons. The van der Waals surface area contributed by atoms with Crippen molar-refractivity contribution in [3.63, 3.8) is 0 Å². The van der Waals surface area contributed by atoms with Gasteiger partial charge in [0, 0.05) is 18.9 Å². The third-order valence-corrected chi connectivity index (χ3v) is 3.75. The number of nitrogens with one attached hydrogen (secondary N) is 1. The number of fused-ring (bicyclic) bond motifs is 1. The lowest BCUT2D eigenvalue weighted by Crippen LogP contribution is -2.37. The summed E-state index contributed by atoms with van der Waals surface area (Å²) in [7, 11) is 0. The van der Waals surface area contributed by atoms with Crippen LogP contribution in [0, 0.1) is 5.41 Å². The zero-order valence-electron chi connectivity index (χ0n) is 11.1. The molecule has 1 fully saturated rings. The van der Waals surface area contributed by atoms with E-state index in [1.807, 2.05) is 0 Å². The van der Waals surface area contributed by atoms with E-state index >= 15 is 0 Å². The monoisotopic (exact) mass is 287 g/mol. The maximum Gasteiger partial charge on any atom is 0.311 e. The standard InChI is InChI=1S/C14H13N3O4/c18-11(16-8-14(4-5-14)13(20)21)9-7-15-10-3-1-2-6-17(10)12(9)19/h1-3,6-7H,4-5,8H2,(H,16,18)(H,20,21). The summed E-state index contributed by atoms with van der Waals surface area (Å²) in [6.07, 6.45) is 3.82. The van der Waals surface area contributed by atoms with Gasteiger partial charge in [0.15, 0.2) is 0 Å². The van der Waals surface area contributed by atoms with Crippen molar-refractivity contribution in [2.75, 3.05) is 6.54 Å². The molecule has 0 radical (unpaired) electrons. The lowest BCUT2D eigenvalue weighted by molar-refractivity contribution is -0.143. The normalized spacial score (nSPS) is 15.6. The van der Waals surface area contributed by atoms with Crippen LogP contribution in [0.1, 0.15) is 23.2 Å². The Morgan fingerprint density at radius 2 is 2.14 bits per heavy atom. The van der Waals surface area contributed by atoms with Gasteiger partial charge in [0.05, 0.1) is 5.41 Å². The second kappa shape index (κ2) is 4.69. The molecular weight excluding hydrogens is 274 g/mol. The van der Waals surface area contributed by atoms with Gasteiger partial charge in [0.1, 0.15) is 11.2 Å². The van der Waals surface area contributed by atoms with Crippen LogP contribution in [-0.4, -0.2) is 32.9 Å². The van der Waals surface area contributed by atoms with Gasteiger partial charge in [-0.1, -0.05) is 6.07 Å². The van der Waals surface area contributed by atoms with Crippen LogP contribution in [0.3, 0.4) is 0 Å². The van der Waals surface area contributed by atoms with Gasteiger partial charge >= 0.3 is 5.97 Å². The van der Waals surface area contributed by atoms with Gasteiger partial charge < -0.3 is 10.4 Å². The van der Waals surface area contributed by atoms with E-state index < -0.39 is 22.9 Å². The van der Waals surface area contributed by atoms with Crippen LogP contribution in [0.25, 0.3) is 5.65 Å². The van der Waals surface area contributed by atoms with Gasteiger partial charge in [0.2, 0.25) is 0 Å². The first-order valence-electron chi connectivity index (χ1n) is 6.51. The lowest BCUT2D eigenvalue weighted by atomic mass is 10.1. The van der Waals surface area contributed by atoms with Crippen LogP contribution < -0.4 is 10.9 Å². The third-order valence-electron chi connectivity index (χ3n) is 3.75. The minimum absolute atomic E-state index is 0.0259. The molecule has 1 aliphatic carbocycles. The van der Waals surface area contributed by atoms with E-state index in [0.29, 0.717) is 18.5 Å². The summed E-state index contributed by atoms with van der Waals surface area (Å²) in [5.74, 6) is -1.52. The van der Waals surface area contributed by atoms with Crippen LogP contribution in [0.4, 0.5) is 0 Å². The van der Waals surface area contributed by atoms with Crippen LogP contribution in [0.15, 0.2) is 35.4 Å². The maximum absolute atomic E-state index is 12.2. The molecule has 0 aliphatic heterocycles. The first kappa shape index (κ1) is 13.3. The second-order valence-corrected chi connectivity index (χ2v) is 5.17. The molecule has 2 N–H and O–H groups in total. The van der Waals surface area contributed by atoms with Gasteiger partial charge in [-0.3, -0.25) is 18.8 Å². The molecule has 0 aromatic carbocycles. The predicted molar refractivity (Wildman–Crippen MR) is 73.1 cm³/mol. The predicted octanol–water partition coefficient (Wildman–Crippen LogP) is 0.289. The van der Waals surface area contributed by atoms with Crippen molar-refractivity contribution in [2.24, 2.45) is 5.41 Å². The lowest BCUT2D eigenvalue weighted by Gasteiger charge is -2.11. The molecule has 2 heterocycles. The molecule has 1 saturated carbocycles. The van der Waals surface area contributed by atoms with E-state index in [2.05, 4.69) is 10.3 Å². The summed E-state index contributed by atoms with van der Waals surface area (Å²) in [5, 5.41) is 11.6. The highest BCUT2D eigenvalue weighted by atomic mass is 16.4. The molecule has 0 bridgehead atoms. The van der Waals surface area contributed by atoms with Gasteiger partial charge in [-0.15, -0.1) is 0 Å². The molecule has 0 unspecified atom stereocenters. The zero-order chi connectivity index (χ0) is 15.0. The Bertz CT molecular complexity index is 792. The van der Waals surface area contributed by atoms with E-state index in [1.165, 1.54) is 16.8 Å². The molecule has 3 rings (SSSR count). The van der Waals surface area contributed by atoms with Crippen molar-refractivity contribution in [3.05, 3.63) is 46.5 Å². The van der Waals surface area contributed by atoms with Crippen molar-refractivity contribution in [3.8, 4) is 0 Å². The summed E-state index contributed by atoms with van der Waals surface area (Å²) in [4.78, 5) is 39.3. The van der Waals surface area contributed by atoms with Gasteiger partial charge in [-0.05, 0) is 25.0 Å². The molecule has 2 aromatic heterocycles. The van der Waals surface area contributed by atoms with Crippen molar-refractivity contribution in [1.29, 1.82) is 0 Å². The molecule has 0 saturated heterocycles. The summed E-state index contributed by atoms with van der Waals surface area (Å²) >= 11 is 0. The number of aliphatic carboxylic acids is 1. The van der Waals surface area contributed by atoms with E-state index in [4.69, 9.17) is 5.11 Å². The zero-order valence-corrected chi connectivity index (χ0v) is 11.1. The molecule has 0 spiro atoms. The SMILES string of the molecule is O=C(NCC1(C(=O)O)CC1)c1cnc2ccccn2c1=O. The summed E-state index contributed by atoms with van der Waals surface area (Å²) in [6.45, 7) is 0.0259. The molecule has 21 heavy (non-hydrogen) atoms. The second-order valence-electron chi connectivity index (χ2n) is 5.17. The molecule has 1 aliphatic rings. The maximum atomic E-state index is 12.2. The van der Waals surface area contributed by atoms with Gasteiger partial charge in [0.25, 0.3) is 11.5 Å². The van der Waals surface area contributed by atoms with Crippen LogP contribution in [0.2, 0.25) is 0 Å². The van der Waals surface area contributed by atoms with Crippen LogP contribution in [0.5, 0.6) is 0 Å². The van der Waals surface area contributed by atoms with E-state index in [-0.39, 0.29) is 12.1 Å². The molecule has 7 nitrogen and oxygen atoms in total. The fourth-order valence-corrected chi connectivity index (χ4v) is 2.14. The van der Waals surface area contributed by atoms with E-state index in [9.17, 15) is 14.4 Å². The molecule has 7 heteroatoms. The highest BCUT2D eigenvalue weighted by Crippen LogP contribution is 2.45. The van der Waals surface area contributed by atoms with Crippen molar-refractivity contribution in [1.82, 2.24) is 14.7 Å². The Morgan fingerprint density at radius 1 is 1.38 bits per heavy atom. The molecule has 0 atom stereocenters. The Labute approximate surface area is 119 Å². The van der Waals surface area contributed by atoms with Crippen LogP contribution in [-0.2, 0) is 4.79 Å². The third kappa shape index (κ3) is 2.26. The summed E-state index contributed by atoms with van der Waals surface area (Å²) in [5.41, 5.74) is -0.989. The number of carbonyl (C=O) groups excluding carboxylic acids is 1. The highest BCUT2D eigenvalue weighted by molar-refractivity contribution is 5.94. The smallest absolute Gasteiger partial charge is 0.311 e. The fraction of sp³-hybridized carbons (Fsp3) is 0.286. The minimum Gasteiger partial charge on any atom is -0.481 e. The highest BCUT2D eigenvalue weighted by Gasteiger charge is 2.50. The number of pyridine rings is 1. The van der Waals surface area contributed by atoms with Crippen LogP contribution >= 0.6 is 0 Å². The van der Waals surface area contributed by atoms with Crippen molar-refractivity contribution >= 4 is 17.5 Å². The Balaban J connectivity index is 1.84. The molecule has 2 aromatic rings. The van der Waals surface area contributed by atoms with Crippen molar-refractivity contribution < 1.29 is 14.7 Å². The number of carboxylic acids is 1. The van der Waals surface area contributed by atoms with E-state index in [0.717, 1.165) is 0 Å². The quantitative estimate of drug-likeness (QED) is 0.841.